The van der Waals surface area contributed by atoms with E-state index < -0.39 is 10.0 Å². The molecule has 2 fully saturated rings. The van der Waals surface area contributed by atoms with Gasteiger partial charge in [-0.15, -0.1) is 0 Å². The smallest absolute Gasteiger partial charge is 0.272 e. The maximum atomic E-state index is 12.6. The molecule has 1 saturated carbocycles. The van der Waals surface area contributed by atoms with Crippen LogP contribution in [-0.4, -0.2) is 45.1 Å². The van der Waals surface area contributed by atoms with Crippen molar-refractivity contribution >= 4 is 15.8 Å². The summed E-state index contributed by atoms with van der Waals surface area (Å²) in [6.07, 6.45) is 10.5. The van der Waals surface area contributed by atoms with Crippen LogP contribution in [0.25, 0.3) is 0 Å². The summed E-state index contributed by atoms with van der Waals surface area (Å²) in [7, 11) is -3.43. The van der Waals surface area contributed by atoms with Gasteiger partial charge in [0.05, 0.1) is 19.3 Å². The highest BCUT2D eigenvalue weighted by Gasteiger charge is 2.27. The minimum Gasteiger partial charge on any atom is -0.379 e. The number of ether oxygens (including phenoxy) is 1. The molecule has 0 unspecified atom stereocenters. The molecule has 0 amide bonds. The van der Waals surface area contributed by atoms with Crippen LogP contribution in [-0.2, 0) is 14.8 Å². The molecule has 134 valence electrons. The van der Waals surface area contributed by atoms with Gasteiger partial charge in [0.2, 0.25) is 10.0 Å². The number of hydrogen-bond donors (Lipinski definition) is 1. The first-order valence-electron chi connectivity index (χ1n) is 9.02. The lowest BCUT2D eigenvalue weighted by Crippen LogP contribution is -2.40. The van der Waals surface area contributed by atoms with Gasteiger partial charge in [0.25, 0.3) is 5.82 Å². The number of aromatic nitrogens is 1. The number of H-pyrrole nitrogens is 1. The van der Waals surface area contributed by atoms with Crippen molar-refractivity contribution in [1.29, 1.82) is 0 Å². The van der Waals surface area contributed by atoms with Crippen molar-refractivity contribution in [2.75, 3.05) is 31.6 Å². The van der Waals surface area contributed by atoms with Crippen molar-refractivity contribution in [3.05, 3.63) is 18.3 Å². The third-order valence-corrected chi connectivity index (χ3v) is 6.75. The Morgan fingerprint density at radius 1 is 1.04 bits per heavy atom. The molecule has 1 saturated heterocycles. The summed E-state index contributed by atoms with van der Waals surface area (Å²) in [5.41, 5.74) is 0. The normalized spacial score (nSPS) is 21.8. The van der Waals surface area contributed by atoms with Gasteiger partial charge in [-0.1, -0.05) is 19.3 Å². The van der Waals surface area contributed by atoms with E-state index in [1.807, 2.05) is 6.07 Å². The molecule has 1 aromatic rings. The SMILES string of the molecule is O=S(=O)(c1ccc(NC2CCCCCCC2)[nH+]c1)N1CCOCC1. The van der Waals surface area contributed by atoms with Crippen LogP contribution in [0, 0.1) is 0 Å². The molecule has 1 aliphatic heterocycles. The Labute approximate surface area is 144 Å². The van der Waals surface area contributed by atoms with Crippen molar-refractivity contribution in [1.82, 2.24) is 4.31 Å². The second-order valence-corrected chi connectivity index (χ2v) is 8.58. The van der Waals surface area contributed by atoms with E-state index in [-0.39, 0.29) is 0 Å². The predicted octanol–water partition coefficient (Wildman–Crippen LogP) is 2.05. The minimum absolute atomic E-state index is 0.313. The number of morpholine rings is 1. The summed E-state index contributed by atoms with van der Waals surface area (Å²) < 4.78 is 31.9. The average molecular weight is 354 g/mol. The predicted molar refractivity (Wildman–Crippen MR) is 92.3 cm³/mol. The highest BCUT2D eigenvalue weighted by Crippen LogP contribution is 2.20. The summed E-state index contributed by atoms with van der Waals surface area (Å²) in [5.74, 6) is 0.890. The quantitative estimate of drug-likeness (QED) is 0.898. The van der Waals surface area contributed by atoms with E-state index in [0.717, 1.165) is 5.82 Å². The summed E-state index contributed by atoms with van der Waals surface area (Å²) >= 11 is 0. The van der Waals surface area contributed by atoms with Crippen molar-refractivity contribution in [3.8, 4) is 0 Å². The van der Waals surface area contributed by atoms with Gasteiger partial charge in [-0.2, -0.15) is 4.31 Å². The van der Waals surface area contributed by atoms with E-state index in [9.17, 15) is 8.42 Å². The molecule has 1 aromatic heterocycles. The van der Waals surface area contributed by atoms with E-state index in [2.05, 4.69) is 10.3 Å². The molecule has 0 spiro atoms. The number of hydrogen-bond acceptors (Lipinski definition) is 4. The van der Waals surface area contributed by atoms with E-state index in [0.29, 0.717) is 37.2 Å². The van der Waals surface area contributed by atoms with Crippen molar-refractivity contribution in [2.45, 2.75) is 55.9 Å². The van der Waals surface area contributed by atoms with Crippen molar-refractivity contribution < 1.29 is 18.1 Å². The van der Waals surface area contributed by atoms with Crippen LogP contribution in [0.4, 0.5) is 5.82 Å². The number of nitrogens with zero attached hydrogens (tertiary/aromatic N) is 1. The summed E-state index contributed by atoms with van der Waals surface area (Å²) in [6, 6.07) is 4.00. The van der Waals surface area contributed by atoms with Crippen molar-refractivity contribution in [2.24, 2.45) is 0 Å². The zero-order chi connectivity index (χ0) is 16.8. The third kappa shape index (κ3) is 4.46. The number of pyridine rings is 1. The first-order valence-corrected chi connectivity index (χ1v) is 10.5. The van der Waals surface area contributed by atoms with Gasteiger partial charge in [0.15, 0.2) is 0 Å². The first kappa shape index (κ1) is 17.6. The fraction of sp³-hybridized carbons (Fsp3) is 0.706. The minimum atomic E-state index is -3.43. The number of rotatable bonds is 4. The maximum Gasteiger partial charge on any atom is 0.272 e. The van der Waals surface area contributed by atoms with Gasteiger partial charge in [-0.3, -0.25) is 5.32 Å². The van der Waals surface area contributed by atoms with E-state index in [1.165, 1.54) is 49.3 Å². The van der Waals surface area contributed by atoms with Gasteiger partial charge in [0, 0.05) is 19.2 Å². The number of aromatic amines is 1. The summed E-state index contributed by atoms with van der Waals surface area (Å²) in [6.45, 7) is 1.77. The molecule has 7 heteroatoms. The van der Waals surface area contributed by atoms with E-state index in [1.54, 1.807) is 12.3 Å². The standard InChI is InChI=1S/C17H27N3O3S/c21-24(22,20-10-12-23-13-11-20)16-8-9-17(18-14-16)19-15-6-4-2-1-3-5-7-15/h8-9,14-15H,1-7,10-13H2,(H,18,19)/p+1. The summed E-state index contributed by atoms with van der Waals surface area (Å²) in [4.78, 5) is 3.43. The number of nitrogens with one attached hydrogen (secondary N) is 2. The van der Waals surface area contributed by atoms with Crippen LogP contribution >= 0.6 is 0 Å². The van der Waals surface area contributed by atoms with Crippen LogP contribution in [0.2, 0.25) is 0 Å². The second-order valence-electron chi connectivity index (χ2n) is 6.64. The molecule has 0 atom stereocenters. The summed E-state index contributed by atoms with van der Waals surface area (Å²) in [5, 5.41) is 3.52. The van der Waals surface area contributed by atoms with Gasteiger partial charge >= 0.3 is 0 Å². The largest absolute Gasteiger partial charge is 0.379 e. The molecule has 24 heavy (non-hydrogen) atoms. The highest BCUT2D eigenvalue weighted by molar-refractivity contribution is 7.89. The molecule has 1 aliphatic carbocycles. The highest BCUT2D eigenvalue weighted by atomic mass is 32.2. The molecule has 0 aromatic carbocycles. The van der Waals surface area contributed by atoms with Gasteiger partial charge in [-0.05, 0) is 31.7 Å². The monoisotopic (exact) mass is 354 g/mol. The number of sulfonamides is 1. The van der Waals surface area contributed by atoms with Crippen molar-refractivity contribution in [3.63, 3.8) is 0 Å². The lowest BCUT2D eigenvalue weighted by atomic mass is 9.97. The molecule has 2 N–H and O–H groups in total. The molecule has 0 bridgehead atoms. The van der Waals surface area contributed by atoms with Gasteiger partial charge in [0.1, 0.15) is 11.1 Å². The molecular weight excluding hydrogens is 326 g/mol. The Hall–Kier alpha value is -1.18. The fourth-order valence-electron chi connectivity index (χ4n) is 3.42. The lowest BCUT2D eigenvalue weighted by molar-refractivity contribution is -0.364. The zero-order valence-corrected chi connectivity index (χ0v) is 15.0. The number of anilines is 1. The van der Waals surface area contributed by atoms with Crippen LogP contribution in [0.3, 0.4) is 0 Å². The maximum absolute atomic E-state index is 12.6. The average Bonchev–Trinajstić information content (AvgIpc) is 2.58. The lowest BCUT2D eigenvalue weighted by Gasteiger charge is -2.25. The zero-order valence-electron chi connectivity index (χ0n) is 14.2. The Bertz CT molecular complexity index is 604. The Balaban J connectivity index is 1.64. The first-order chi connectivity index (χ1) is 11.7. The molecule has 6 nitrogen and oxygen atoms in total. The second kappa shape index (κ2) is 8.27. The molecule has 2 aliphatic rings. The van der Waals surface area contributed by atoms with Crippen LogP contribution in [0.5, 0.6) is 0 Å². The van der Waals surface area contributed by atoms with Gasteiger partial charge < -0.3 is 4.74 Å². The van der Waals surface area contributed by atoms with Crippen LogP contribution in [0.15, 0.2) is 23.2 Å². The molecule has 0 radical (unpaired) electrons. The fourth-order valence-corrected chi connectivity index (χ4v) is 4.79. The topological polar surface area (TPSA) is 72.8 Å². The molecule has 2 heterocycles. The van der Waals surface area contributed by atoms with Crippen LogP contribution < -0.4 is 10.3 Å². The molecular formula is C17H28N3O3S+. The third-order valence-electron chi connectivity index (χ3n) is 4.86. The Morgan fingerprint density at radius 2 is 1.71 bits per heavy atom. The van der Waals surface area contributed by atoms with E-state index >= 15 is 0 Å². The van der Waals surface area contributed by atoms with E-state index in [4.69, 9.17) is 4.74 Å². The van der Waals surface area contributed by atoms with Crippen LogP contribution in [0.1, 0.15) is 44.9 Å². The van der Waals surface area contributed by atoms with Gasteiger partial charge in [-0.25, -0.2) is 13.4 Å². The molecule has 3 rings (SSSR count). The Morgan fingerprint density at radius 3 is 2.33 bits per heavy atom. The Kier molecular flexibility index (Phi) is 6.08.